The number of likely N-dealkylation sites (tertiary alicyclic amines) is 2. The van der Waals surface area contributed by atoms with Gasteiger partial charge in [0.05, 0.1) is 6.42 Å². The first-order chi connectivity index (χ1) is 43.1. The molecule has 2 aliphatic rings. The highest BCUT2D eigenvalue weighted by molar-refractivity contribution is 5.99. The molecule has 0 aromatic heterocycles. The van der Waals surface area contributed by atoms with E-state index in [-0.39, 0.29) is 81.9 Å². The van der Waals surface area contributed by atoms with Crippen molar-refractivity contribution in [1.29, 1.82) is 0 Å². The predicted octanol–water partition coefficient (Wildman–Crippen LogP) is 1.27. The molecular formula is C63H83N9O19. The van der Waals surface area contributed by atoms with Gasteiger partial charge >= 0.3 is 23.9 Å². The lowest BCUT2D eigenvalue weighted by atomic mass is 9.96. The highest BCUT2D eigenvalue weighted by Crippen LogP contribution is 2.25. The van der Waals surface area contributed by atoms with Gasteiger partial charge in [0.2, 0.25) is 53.2 Å². The zero-order valence-corrected chi connectivity index (χ0v) is 51.3. The van der Waals surface area contributed by atoms with Gasteiger partial charge in [-0.2, -0.15) is 0 Å². The molecule has 0 spiro atoms. The fourth-order valence-electron chi connectivity index (χ4n) is 10.7. The number of phenolic OH excluding ortho intramolecular Hbond substituents is 2. The summed E-state index contributed by atoms with van der Waals surface area (Å²) in [5.41, 5.74) is 1.41. The van der Waals surface area contributed by atoms with Gasteiger partial charge in [0.1, 0.15) is 65.9 Å². The maximum atomic E-state index is 14.8. The van der Waals surface area contributed by atoms with Crippen LogP contribution in [0.1, 0.15) is 121 Å². The number of nitrogens with zero attached hydrogens (tertiary/aromatic N) is 2. The zero-order valence-electron chi connectivity index (χ0n) is 51.3. The van der Waals surface area contributed by atoms with E-state index in [2.05, 4.69) is 37.2 Å². The molecule has 9 amide bonds. The monoisotopic (exact) mass is 1270 g/mol. The predicted molar refractivity (Wildman–Crippen MR) is 324 cm³/mol. The molecule has 3 aromatic carbocycles. The number of hydrogen-bond donors (Lipinski definition) is 13. The number of nitrogens with one attached hydrogen (secondary N) is 7. The van der Waals surface area contributed by atoms with E-state index in [0.717, 1.165) is 0 Å². The summed E-state index contributed by atoms with van der Waals surface area (Å²) in [6.45, 7) is 6.91. The molecule has 2 aliphatic heterocycles. The highest BCUT2D eigenvalue weighted by atomic mass is 16.4. The van der Waals surface area contributed by atoms with Crippen molar-refractivity contribution in [2.24, 2.45) is 11.8 Å². The largest absolute Gasteiger partial charge is 0.508 e. The number of aliphatic carboxylic acids is 4. The molecule has 0 radical (unpaired) electrons. The Morgan fingerprint density at radius 2 is 0.868 bits per heavy atom. The Labute approximate surface area is 525 Å². The quantitative estimate of drug-likeness (QED) is 0.0394. The third-order valence-corrected chi connectivity index (χ3v) is 15.8. The molecule has 2 heterocycles. The first-order valence-corrected chi connectivity index (χ1v) is 30.3. The Morgan fingerprint density at radius 3 is 1.32 bits per heavy atom. The first-order valence-electron chi connectivity index (χ1n) is 30.3. The smallest absolute Gasteiger partial charge is 0.326 e. The van der Waals surface area contributed by atoms with E-state index in [1.807, 2.05) is 0 Å². The molecule has 0 aliphatic carbocycles. The fourth-order valence-corrected chi connectivity index (χ4v) is 10.7. The van der Waals surface area contributed by atoms with E-state index < -0.39 is 176 Å². The van der Waals surface area contributed by atoms with E-state index in [1.54, 1.807) is 58.0 Å². The van der Waals surface area contributed by atoms with E-state index in [9.17, 15) is 87.9 Å². The Balaban J connectivity index is 1.36. The van der Waals surface area contributed by atoms with Crippen molar-refractivity contribution >= 4 is 77.0 Å². The van der Waals surface area contributed by atoms with Gasteiger partial charge in [-0.15, -0.1) is 0 Å². The van der Waals surface area contributed by atoms with Crippen molar-refractivity contribution in [1.82, 2.24) is 47.0 Å². The maximum Gasteiger partial charge on any atom is 0.326 e. The number of rotatable bonds is 35. The van der Waals surface area contributed by atoms with Crippen LogP contribution in [0.25, 0.3) is 0 Å². The molecule has 494 valence electrons. The molecule has 10 atom stereocenters. The van der Waals surface area contributed by atoms with Crippen LogP contribution >= 0.6 is 0 Å². The average molecular weight is 1270 g/mol. The number of phenols is 2. The number of benzene rings is 3. The van der Waals surface area contributed by atoms with E-state index in [1.165, 1.54) is 58.3 Å². The highest BCUT2D eigenvalue weighted by Gasteiger charge is 2.44. The average Bonchev–Trinajstić information content (AvgIpc) is 1.81. The normalized spacial score (nSPS) is 17.1. The standard InChI is InChI=1S/C63H83N9O19/c1-5-36(4)54(70-60(87)49-14-9-29-71(49)61(88)43(24-27-52(78)79)66-56(83)44(32-37-11-7-6-8-12-37)64-50(75)25-28-53(80)81)62(89)72-30-10-13-48(72)59(86)65-42(23-26-51(76)77)55(82)67-45(33-38-15-19-40(73)20-16-38)57(84)68-46(34-39-17-21-41(74)22-18-39)58(85)69-47(63(90)91)31-35(2)3/h6-8,11-12,15-22,35-36,42-49,54,73-74H,5,9-10,13-14,23-34H2,1-4H3,(H,64,75)(H,65,86)(H,66,83)(H,67,82)(H,68,84)(H,69,85)(H,70,87)(H,76,77)(H,78,79)(H,80,81)(H,90,91)/t36-,42-,43-,44-,45-,46-,47-,48-,49-,54-/m0/s1. The number of aromatic hydroxyl groups is 2. The van der Waals surface area contributed by atoms with Crippen LogP contribution < -0.4 is 37.2 Å². The molecular weight excluding hydrogens is 1190 g/mol. The summed E-state index contributed by atoms with van der Waals surface area (Å²) >= 11 is 0. The Kier molecular flexibility index (Phi) is 27.7. The number of carbonyl (C=O) groups is 13. The van der Waals surface area contributed by atoms with Crippen LogP contribution in [0.2, 0.25) is 0 Å². The van der Waals surface area contributed by atoms with Crippen LogP contribution in [0.3, 0.4) is 0 Å². The SMILES string of the molecule is CC[C@H](C)[C@H](NC(=O)[C@@H]1CCCN1C(=O)[C@H](CCC(=O)O)NC(=O)[C@H](Cc1ccccc1)NC(=O)CCC(=O)O)C(=O)N1CCC[C@H]1C(=O)N[C@@H](CCC(=O)O)C(=O)N[C@@H](Cc1ccc(O)cc1)C(=O)N[C@@H](Cc1ccc(O)cc1)C(=O)N[C@@H](CC(C)C)C(=O)O. The molecule has 2 fully saturated rings. The van der Waals surface area contributed by atoms with E-state index in [4.69, 9.17) is 5.11 Å². The van der Waals surface area contributed by atoms with Crippen LogP contribution in [0.15, 0.2) is 78.9 Å². The Morgan fingerprint density at radius 1 is 0.462 bits per heavy atom. The fraction of sp³-hybridized carbons (Fsp3) is 0.508. The molecule has 2 saturated heterocycles. The minimum atomic E-state index is -1.67. The topological polar surface area (TPSA) is 434 Å². The summed E-state index contributed by atoms with van der Waals surface area (Å²) in [4.78, 5) is 178. The van der Waals surface area contributed by atoms with Gasteiger partial charge in [-0.05, 0) is 97.7 Å². The Bertz CT molecular complexity index is 3070. The molecule has 28 nitrogen and oxygen atoms in total. The molecule has 0 unspecified atom stereocenters. The maximum absolute atomic E-state index is 14.8. The molecule has 0 bridgehead atoms. The lowest BCUT2D eigenvalue weighted by Gasteiger charge is -2.34. The van der Waals surface area contributed by atoms with Gasteiger partial charge in [-0.1, -0.05) is 88.7 Å². The molecule has 0 saturated carbocycles. The minimum Gasteiger partial charge on any atom is -0.508 e. The van der Waals surface area contributed by atoms with Crippen molar-refractivity contribution in [2.75, 3.05) is 13.1 Å². The number of amides is 9. The lowest BCUT2D eigenvalue weighted by Crippen LogP contribution is -2.61. The molecule has 13 N–H and O–H groups in total. The Hall–Kier alpha value is -9.63. The lowest BCUT2D eigenvalue weighted by molar-refractivity contribution is -0.146. The van der Waals surface area contributed by atoms with Gasteiger partial charge in [0, 0.05) is 51.6 Å². The van der Waals surface area contributed by atoms with E-state index in [0.29, 0.717) is 23.1 Å². The molecule has 28 heteroatoms. The number of carboxylic acid groups (broad SMARTS) is 4. The summed E-state index contributed by atoms with van der Waals surface area (Å²) in [6.07, 6.45) is -2.82. The third-order valence-electron chi connectivity index (χ3n) is 15.8. The van der Waals surface area contributed by atoms with Crippen molar-refractivity contribution < 1.29 is 93.0 Å². The molecule has 91 heavy (non-hydrogen) atoms. The van der Waals surface area contributed by atoms with Crippen LogP contribution in [-0.4, -0.2) is 185 Å². The van der Waals surface area contributed by atoms with Crippen molar-refractivity contribution in [2.45, 2.75) is 178 Å². The molecule has 5 rings (SSSR count). The van der Waals surface area contributed by atoms with Gasteiger partial charge in [-0.3, -0.25) is 57.5 Å². The summed E-state index contributed by atoms with van der Waals surface area (Å²) in [5.74, 6) is -14.0. The van der Waals surface area contributed by atoms with Gasteiger partial charge in [0.15, 0.2) is 0 Å². The number of hydrogen-bond acceptors (Lipinski definition) is 15. The number of carboxylic acids is 4. The second-order valence-corrected chi connectivity index (χ2v) is 23.3. The summed E-state index contributed by atoms with van der Waals surface area (Å²) < 4.78 is 0. The van der Waals surface area contributed by atoms with Gasteiger partial charge < -0.3 is 77.7 Å². The molecule has 3 aromatic rings. The van der Waals surface area contributed by atoms with Gasteiger partial charge in [0.25, 0.3) is 0 Å². The van der Waals surface area contributed by atoms with E-state index >= 15 is 0 Å². The zero-order chi connectivity index (χ0) is 67.1. The minimum absolute atomic E-state index is 0.00552. The number of carbonyl (C=O) groups excluding carboxylic acids is 9. The van der Waals surface area contributed by atoms with Crippen molar-refractivity contribution in [3.63, 3.8) is 0 Å². The second-order valence-electron chi connectivity index (χ2n) is 23.3. The third kappa shape index (κ3) is 22.7. The van der Waals surface area contributed by atoms with Crippen LogP contribution in [0.4, 0.5) is 0 Å². The summed E-state index contributed by atoms with van der Waals surface area (Å²) in [5, 5.41) is 76.6. The summed E-state index contributed by atoms with van der Waals surface area (Å²) in [7, 11) is 0. The van der Waals surface area contributed by atoms with Crippen molar-refractivity contribution in [3.05, 3.63) is 95.6 Å². The van der Waals surface area contributed by atoms with Gasteiger partial charge in [-0.25, -0.2) is 4.79 Å². The van der Waals surface area contributed by atoms with Crippen LogP contribution in [0, 0.1) is 11.8 Å². The first kappa shape index (κ1) is 72.1. The van der Waals surface area contributed by atoms with Crippen LogP contribution in [-0.2, 0) is 81.6 Å². The van der Waals surface area contributed by atoms with Crippen molar-refractivity contribution in [3.8, 4) is 11.5 Å². The van der Waals surface area contributed by atoms with Crippen LogP contribution in [0.5, 0.6) is 11.5 Å². The summed E-state index contributed by atoms with van der Waals surface area (Å²) in [6, 6.07) is 6.83. The second kappa shape index (κ2) is 34.9.